The molecule has 164 valence electrons. The molecule has 1 N–H and O–H groups in total. The molecule has 32 heavy (non-hydrogen) atoms. The number of thiophene rings is 1. The van der Waals surface area contributed by atoms with Crippen molar-refractivity contribution in [1.82, 2.24) is 20.4 Å². The maximum atomic E-state index is 12.6. The zero-order valence-corrected chi connectivity index (χ0v) is 19.5. The highest BCUT2D eigenvalue weighted by molar-refractivity contribution is 8.26. The van der Waals surface area contributed by atoms with E-state index in [0.717, 1.165) is 10.4 Å². The van der Waals surface area contributed by atoms with Crippen LogP contribution in [-0.2, 0) is 16.0 Å². The van der Waals surface area contributed by atoms with Crippen molar-refractivity contribution in [3.05, 3.63) is 63.5 Å². The average molecular weight is 485 g/mol. The Hall–Kier alpha value is -2.82. The van der Waals surface area contributed by atoms with Gasteiger partial charge in [0.25, 0.3) is 5.91 Å². The van der Waals surface area contributed by atoms with Crippen molar-refractivity contribution in [2.75, 3.05) is 13.1 Å². The molecule has 2 aromatic heterocycles. The van der Waals surface area contributed by atoms with Crippen LogP contribution in [0.1, 0.15) is 23.6 Å². The standard InChI is InChI=1S/C22H20N4O3S3/c27-18(23-11-10-19-24-25-20(29-19)15-6-2-1-3-7-15)9-4-12-26-21(28)17(32-22(26)30)14-16-8-5-13-31-16/h1-3,5-8,13-14H,4,9-12H2,(H,23,27)/b17-14-. The van der Waals surface area contributed by atoms with Gasteiger partial charge < -0.3 is 9.73 Å². The summed E-state index contributed by atoms with van der Waals surface area (Å²) in [5.74, 6) is 0.745. The largest absolute Gasteiger partial charge is 0.421 e. The Morgan fingerprint density at radius 3 is 2.81 bits per heavy atom. The summed E-state index contributed by atoms with van der Waals surface area (Å²) in [7, 11) is 0. The van der Waals surface area contributed by atoms with Gasteiger partial charge in [-0.25, -0.2) is 0 Å². The van der Waals surface area contributed by atoms with Gasteiger partial charge in [0.1, 0.15) is 4.32 Å². The van der Waals surface area contributed by atoms with E-state index >= 15 is 0 Å². The lowest BCUT2D eigenvalue weighted by Crippen LogP contribution is -2.31. The third kappa shape index (κ3) is 5.70. The molecule has 1 aliphatic rings. The second kappa shape index (κ2) is 10.7. The summed E-state index contributed by atoms with van der Waals surface area (Å²) in [4.78, 5) is 27.9. The highest BCUT2D eigenvalue weighted by atomic mass is 32.2. The summed E-state index contributed by atoms with van der Waals surface area (Å²) >= 11 is 8.21. The SMILES string of the molecule is O=C(CCCN1C(=O)/C(=C/c2cccs2)SC1=S)NCCc1nnc(-c2ccccc2)o1. The molecule has 0 radical (unpaired) electrons. The van der Waals surface area contributed by atoms with Gasteiger partial charge in [-0.05, 0) is 36.1 Å². The Labute approximate surface area is 198 Å². The molecule has 1 aliphatic heterocycles. The summed E-state index contributed by atoms with van der Waals surface area (Å²) < 4.78 is 6.16. The topological polar surface area (TPSA) is 88.3 Å². The fraction of sp³-hybridized carbons (Fsp3) is 0.227. The highest BCUT2D eigenvalue weighted by Crippen LogP contribution is 2.33. The lowest BCUT2D eigenvalue weighted by Gasteiger charge is -2.14. The van der Waals surface area contributed by atoms with Crippen LogP contribution in [-0.4, -0.2) is 44.3 Å². The summed E-state index contributed by atoms with van der Waals surface area (Å²) in [6.07, 6.45) is 3.15. The molecule has 1 fully saturated rings. The average Bonchev–Trinajstić information content (AvgIpc) is 3.53. The number of rotatable bonds is 9. The summed E-state index contributed by atoms with van der Waals surface area (Å²) in [5, 5.41) is 12.9. The number of hydrogen-bond acceptors (Lipinski definition) is 8. The minimum Gasteiger partial charge on any atom is -0.421 e. The smallest absolute Gasteiger partial charge is 0.266 e. The highest BCUT2D eigenvalue weighted by Gasteiger charge is 2.31. The minimum absolute atomic E-state index is 0.0904. The monoisotopic (exact) mass is 484 g/mol. The summed E-state index contributed by atoms with van der Waals surface area (Å²) in [6.45, 7) is 0.823. The second-order valence-electron chi connectivity index (χ2n) is 6.92. The Morgan fingerprint density at radius 2 is 2.03 bits per heavy atom. The molecular formula is C22H20N4O3S3. The van der Waals surface area contributed by atoms with E-state index < -0.39 is 0 Å². The Morgan fingerprint density at radius 1 is 1.19 bits per heavy atom. The number of nitrogens with zero attached hydrogens (tertiary/aromatic N) is 3. The molecule has 7 nitrogen and oxygen atoms in total. The minimum atomic E-state index is -0.0978. The Bertz CT molecular complexity index is 1130. The van der Waals surface area contributed by atoms with Crippen LogP contribution >= 0.6 is 35.3 Å². The molecule has 3 heterocycles. The zero-order chi connectivity index (χ0) is 22.3. The number of carbonyl (C=O) groups excluding carboxylic acids is 2. The summed E-state index contributed by atoms with van der Waals surface area (Å²) in [6, 6.07) is 13.4. The molecule has 0 bridgehead atoms. The maximum Gasteiger partial charge on any atom is 0.266 e. The molecule has 0 atom stereocenters. The molecule has 2 amide bonds. The first-order valence-corrected chi connectivity index (χ1v) is 12.1. The van der Waals surface area contributed by atoms with Crippen molar-refractivity contribution in [1.29, 1.82) is 0 Å². The van der Waals surface area contributed by atoms with Gasteiger partial charge in [0, 0.05) is 36.4 Å². The molecule has 0 aliphatic carbocycles. The first kappa shape index (κ1) is 22.4. The van der Waals surface area contributed by atoms with Crippen LogP contribution in [0, 0.1) is 0 Å². The number of benzene rings is 1. The van der Waals surface area contributed by atoms with Gasteiger partial charge in [0.2, 0.25) is 17.7 Å². The van der Waals surface area contributed by atoms with Crippen molar-refractivity contribution < 1.29 is 14.0 Å². The quantitative estimate of drug-likeness (QED) is 0.361. The third-order valence-corrected chi connectivity index (χ3v) is 6.82. The van der Waals surface area contributed by atoms with Gasteiger partial charge in [-0.2, -0.15) is 0 Å². The van der Waals surface area contributed by atoms with E-state index in [1.54, 1.807) is 16.2 Å². The van der Waals surface area contributed by atoms with Crippen LogP contribution in [0.3, 0.4) is 0 Å². The van der Waals surface area contributed by atoms with E-state index in [0.29, 0.717) is 53.4 Å². The van der Waals surface area contributed by atoms with E-state index in [9.17, 15) is 9.59 Å². The molecule has 0 saturated carbocycles. The second-order valence-corrected chi connectivity index (χ2v) is 9.57. The molecule has 10 heteroatoms. The zero-order valence-electron chi connectivity index (χ0n) is 17.0. The Kier molecular flexibility index (Phi) is 7.46. The van der Waals surface area contributed by atoms with Gasteiger partial charge in [0.15, 0.2) is 0 Å². The molecular weight excluding hydrogens is 464 g/mol. The third-order valence-electron chi connectivity index (χ3n) is 4.62. The normalized spacial score (nSPS) is 15.0. The van der Waals surface area contributed by atoms with Gasteiger partial charge in [0.05, 0.1) is 4.91 Å². The number of thioether (sulfide) groups is 1. The van der Waals surface area contributed by atoms with Crippen molar-refractivity contribution in [3.63, 3.8) is 0 Å². The molecule has 1 aromatic carbocycles. The van der Waals surface area contributed by atoms with Crippen molar-refractivity contribution in [2.45, 2.75) is 19.3 Å². The van der Waals surface area contributed by atoms with Crippen LogP contribution in [0.2, 0.25) is 0 Å². The van der Waals surface area contributed by atoms with Crippen LogP contribution in [0.5, 0.6) is 0 Å². The number of carbonyl (C=O) groups is 2. The number of nitrogens with one attached hydrogen (secondary N) is 1. The van der Waals surface area contributed by atoms with Crippen LogP contribution in [0.4, 0.5) is 0 Å². The molecule has 4 rings (SSSR count). The number of thiocarbonyl (C=S) groups is 1. The summed E-state index contributed by atoms with van der Waals surface area (Å²) in [5.41, 5.74) is 0.858. The van der Waals surface area contributed by atoms with E-state index in [4.69, 9.17) is 16.6 Å². The van der Waals surface area contributed by atoms with E-state index in [1.165, 1.54) is 11.8 Å². The van der Waals surface area contributed by atoms with E-state index in [1.807, 2.05) is 53.9 Å². The first-order valence-electron chi connectivity index (χ1n) is 10.0. The van der Waals surface area contributed by atoms with Crippen LogP contribution in [0.15, 0.2) is 57.2 Å². The van der Waals surface area contributed by atoms with Gasteiger partial charge in [-0.1, -0.05) is 48.2 Å². The fourth-order valence-electron chi connectivity index (χ4n) is 3.04. The Balaban J connectivity index is 1.18. The van der Waals surface area contributed by atoms with Crippen LogP contribution in [0.25, 0.3) is 17.5 Å². The molecule has 0 spiro atoms. The number of amides is 2. The lowest BCUT2D eigenvalue weighted by atomic mass is 10.2. The van der Waals surface area contributed by atoms with Crippen molar-refractivity contribution in [2.24, 2.45) is 0 Å². The van der Waals surface area contributed by atoms with Crippen molar-refractivity contribution in [3.8, 4) is 11.5 Å². The molecule has 0 unspecified atom stereocenters. The maximum absolute atomic E-state index is 12.6. The van der Waals surface area contributed by atoms with Crippen LogP contribution < -0.4 is 5.32 Å². The van der Waals surface area contributed by atoms with Gasteiger partial charge in [-0.3, -0.25) is 14.5 Å². The first-order chi connectivity index (χ1) is 15.6. The van der Waals surface area contributed by atoms with E-state index in [2.05, 4.69) is 15.5 Å². The predicted octanol–water partition coefficient (Wildman–Crippen LogP) is 4.14. The van der Waals surface area contributed by atoms with Crippen molar-refractivity contribution >= 4 is 57.5 Å². The van der Waals surface area contributed by atoms with E-state index in [-0.39, 0.29) is 11.8 Å². The lowest BCUT2D eigenvalue weighted by molar-refractivity contribution is -0.124. The van der Waals surface area contributed by atoms with Gasteiger partial charge >= 0.3 is 0 Å². The predicted molar refractivity (Wildman–Crippen MR) is 130 cm³/mol. The molecule has 1 saturated heterocycles. The number of hydrogen-bond donors (Lipinski definition) is 1. The number of aromatic nitrogens is 2. The molecule has 3 aromatic rings. The van der Waals surface area contributed by atoms with Gasteiger partial charge in [-0.15, -0.1) is 21.5 Å². The fourth-order valence-corrected chi connectivity index (χ4v) is 5.07.